The molecule has 0 atom stereocenters. The Kier molecular flexibility index (Phi) is 4.51. The molecule has 4 rings (SSSR count). The lowest BCUT2D eigenvalue weighted by Crippen LogP contribution is -2.40. The van der Waals surface area contributed by atoms with Crippen molar-refractivity contribution in [3.05, 3.63) is 23.3 Å². The van der Waals surface area contributed by atoms with E-state index in [1.54, 1.807) is 7.11 Å². The van der Waals surface area contributed by atoms with E-state index < -0.39 is 11.4 Å². The van der Waals surface area contributed by atoms with Gasteiger partial charge in [-0.15, -0.1) is 0 Å². The van der Waals surface area contributed by atoms with Crippen LogP contribution in [0.1, 0.15) is 49.7 Å². The van der Waals surface area contributed by atoms with Gasteiger partial charge in [0.2, 0.25) is 0 Å². The van der Waals surface area contributed by atoms with Crippen molar-refractivity contribution in [3.8, 4) is 17.6 Å². The topological polar surface area (TPSA) is 88.8 Å². The summed E-state index contributed by atoms with van der Waals surface area (Å²) < 4.78 is 17.5. The number of ether oxygens (including phenoxy) is 3. The smallest absolute Gasteiger partial charge is 0.306 e. The zero-order chi connectivity index (χ0) is 19.1. The van der Waals surface area contributed by atoms with E-state index in [-0.39, 0.29) is 11.5 Å². The molecule has 3 aliphatic rings. The molecule has 1 saturated carbocycles. The fourth-order valence-electron chi connectivity index (χ4n) is 4.90. The highest BCUT2D eigenvalue weighted by molar-refractivity contribution is 5.70. The molecule has 0 bridgehead atoms. The Morgan fingerprint density at radius 2 is 1.96 bits per heavy atom. The number of carboxylic acid groups (broad SMARTS) is 1. The predicted octanol–water partition coefficient (Wildman–Crippen LogP) is 3.22. The van der Waals surface area contributed by atoms with Gasteiger partial charge in [-0.2, -0.15) is 5.26 Å². The van der Waals surface area contributed by atoms with E-state index in [0.717, 1.165) is 36.1 Å². The maximum atomic E-state index is 11.3. The summed E-state index contributed by atoms with van der Waals surface area (Å²) >= 11 is 0. The van der Waals surface area contributed by atoms with E-state index in [2.05, 4.69) is 6.07 Å². The standard InChI is InChI=1S/C21H25NO5/c1-25-17-3-2-16(20(13-22)6-4-14(5-7-20)19(23)24)15-12-21(27-18(15)17)8-10-26-11-9-21/h2-3,14H,4-12H2,1H3,(H,23,24)/t14-,20-. The Labute approximate surface area is 159 Å². The van der Waals surface area contributed by atoms with Crippen LogP contribution < -0.4 is 9.47 Å². The summed E-state index contributed by atoms with van der Waals surface area (Å²) in [5.41, 5.74) is 1.13. The van der Waals surface area contributed by atoms with E-state index in [1.807, 2.05) is 12.1 Å². The maximum absolute atomic E-state index is 11.3. The molecule has 1 aromatic carbocycles. The van der Waals surface area contributed by atoms with Gasteiger partial charge in [0.15, 0.2) is 11.5 Å². The van der Waals surface area contributed by atoms with E-state index in [0.29, 0.717) is 44.6 Å². The molecule has 1 aromatic rings. The molecule has 6 heteroatoms. The van der Waals surface area contributed by atoms with Crippen LogP contribution in [0, 0.1) is 17.2 Å². The van der Waals surface area contributed by atoms with E-state index in [4.69, 9.17) is 14.2 Å². The number of hydrogen-bond acceptors (Lipinski definition) is 5. The average Bonchev–Trinajstić information content (AvgIpc) is 3.06. The molecule has 144 valence electrons. The van der Waals surface area contributed by atoms with Gasteiger partial charge in [-0.25, -0.2) is 0 Å². The summed E-state index contributed by atoms with van der Waals surface area (Å²) in [7, 11) is 1.63. The van der Waals surface area contributed by atoms with Crippen LogP contribution in [-0.4, -0.2) is 37.0 Å². The average molecular weight is 371 g/mol. The number of rotatable bonds is 3. The third-order valence-corrected chi connectivity index (χ3v) is 6.58. The van der Waals surface area contributed by atoms with Crippen molar-refractivity contribution in [3.63, 3.8) is 0 Å². The number of fused-ring (bicyclic) bond motifs is 1. The molecular weight excluding hydrogens is 346 g/mol. The lowest BCUT2D eigenvalue weighted by molar-refractivity contribution is -0.143. The Hall–Kier alpha value is -2.26. The molecule has 0 radical (unpaired) electrons. The SMILES string of the molecule is COc1ccc([C@]2(C#N)CC[C@@H](C(=O)O)CC2)c2c1OC1(CCOCC1)C2. The van der Waals surface area contributed by atoms with Gasteiger partial charge >= 0.3 is 5.97 Å². The van der Waals surface area contributed by atoms with Crippen LogP contribution in [-0.2, 0) is 21.4 Å². The molecule has 0 amide bonds. The first-order valence-electron chi connectivity index (χ1n) is 9.64. The van der Waals surface area contributed by atoms with Gasteiger partial charge in [-0.05, 0) is 37.3 Å². The van der Waals surface area contributed by atoms with Crippen molar-refractivity contribution in [2.75, 3.05) is 20.3 Å². The van der Waals surface area contributed by atoms with Gasteiger partial charge in [0.1, 0.15) is 5.60 Å². The Morgan fingerprint density at radius 3 is 2.56 bits per heavy atom. The lowest BCUT2D eigenvalue weighted by Gasteiger charge is -2.35. The molecule has 2 heterocycles. The maximum Gasteiger partial charge on any atom is 0.306 e. The zero-order valence-electron chi connectivity index (χ0n) is 15.6. The molecule has 2 fully saturated rings. The van der Waals surface area contributed by atoms with Crippen molar-refractivity contribution < 1.29 is 24.1 Å². The van der Waals surface area contributed by atoms with Crippen LogP contribution in [0.2, 0.25) is 0 Å². The highest BCUT2D eigenvalue weighted by Gasteiger charge is 2.47. The van der Waals surface area contributed by atoms with Gasteiger partial charge in [0.25, 0.3) is 0 Å². The molecule has 1 saturated heterocycles. The summed E-state index contributed by atoms with van der Waals surface area (Å²) in [5.74, 6) is 0.346. The van der Waals surface area contributed by atoms with Crippen molar-refractivity contribution in [1.82, 2.24) is 0 Å². The van der Waals surface area contributed by atoms with Gasteiger partial charge in [0, 0.05) is 24.8 Å². The first-order valence-corrected chi connectivity index (χ1v) is 9.64. The van der Waals surface area contributed by atoms with Crippen LogP contribution in [0.25, 0.3) is 0 Å². The van der Waals surface area contributed by atoms with Gasteiger partial charge in [-0.3, -0.25) is 4.79 Å². The third-order valence-electron chi connectivity index (χ3n) is 6.58. The second kappa shape index (κ2) is 6.72. The van der Waals surface area contributed by atoms with Crippen LogP contribution in [0.5, 0.6) is 11.5 Å². The highest BCUT2D eigenvalue weighted by Crippen LogP contribution is 2.52. The number of carboxylic acids is 1. The van der Waals surface area contributed by atoms with Crippen molar-refractivity contribution in [2.45, 2.75) is 56.0 Å². The van der Waals surface area contributed by atoms with Crippen LogP contribution in [0.3, 0.4) is 0 Å². The van der Waals surface area contributed by atoms with E-state index >= 15 is 0 Å². The van der Waals surface area contributed by atoms with Gasteiger partial charge < -0.3 is 19.3 Å². The predicted molar refractivity (Wildman–Crippen MR) is 97.0 cm³/mol. The summed E-state index contributed by atoms with van der Waals surface area (Å²) in [6.45, 7) is 1.35. The minimum Gasteiger partial charge on any atom is -0.493 e. The van der Waals surface area contributed by atoms with Crippen LogP contribution in [0.15, 0.2) is 12.1 Å². The highest BCUT2D eigenvalue weighted by atomic mass is 16.5. The summed E-state index contributed by atoms with van der Waals surface area (Å²) in [6.07, 6.45) is 4.59. The molecule has 1 spiro atoms. The molecule has 6 nitrogen and oxygen atoms in total. The Bertz CT molecular complexity index is 782. The second-order valence-corrected chi connectivity index (χ2v) is 8.00. The quantitative estimate of drug-likeness (QED) is 0.878. The fourth-order valence-corrected chi connectivity index (χ4v) is 4.90. The lowest BCUT2D eigenvalue weighted by atomic mass is 9.66. The first-order chi connectivity index (χ1) is 13.0. The number of nitriles is 1. The molecule has 1 aliphatic carbocycles. The van der Waals surface area contributed by atoms with Crippen LogP contribution in [0.4, 0.5) is 0 Å². The Balaban J connectivity index is 1.72. The summed E-state index contributed by atoms with van der Waals surface area (Å²) in [4.78, 5) is 11.3. The van der Waals surface area contributed by atoms with Crippen molar-refractivity contribution >= 4 is 5.97 Å². The van der Waals surface area contributed by atoms with Crippen molar-refractivity contribution in [1.29, 1.82) is 5.26 Å². The summed E-state index contributed by atoms with van der Waals surface area (Å²) in [6, 6.07) is 6.41. The van der Waals surface area contributed by atoms with Crippen LogP contribution >= 0.6 is 0 Å². The molecule has 0 aromatic heterocycles. The minimum atomic E-state index is -0.758. The molecule has 27 heavy (non-hydrogen) atoms. The fraction of sp³-hybridized carbons (Fsp3) is 0.619. The molecule has 2 aliphatic heterocycles. The van der Waals surface area contributed by atoms with Gasteiger partial charge in [-0.1, -0.05) is 6.07 Å². The minimum absolute atomic E-state index is 0.279. The molecular formula is C21H25NO5. The number of methoxy groups -OCH3 is 1. The Morgan fingerprint density at radius 1 is 1.26 bits per heavy atom. The molecule has 0 unspecified atom stereocenters. The van der Waals surface area contributed by atoms with E-state index in [9.17, 15) is 15.2 Å². The normalized spacial score (nSPS) is 28.8. The number of benzene rings is 1. The zero-order valence-corrected chi connectivity index (χ0v) is 15.6. The summed E-state index contributed by atoms with van der Waals surface area (Å²) in [5, 5.41) is 19.4. The largest absolute Gasteiger partial charge is 0.493 e. The third kappa shape index (κ3) is 2.94. The van der Waals surface area contributed by atoms with Gasteiger partial charge in [0.05, 0.1) is 37.7 Å². The first kappa shape index (κ1) is 18.1. The van der Waals surface area contributed by atoms with E-state index in [1.165, 1.54) is 0 Å². The molecule has 1 N–H and O–H groups in total. The van der Waals surface area contributed by atoms with Crippen molar-refractivity contribution in [2.24, 2.45) is 5.92 Å². The second-order valence-electron chi connectivity index (χ2n) is 8.00. The number of aliphatic carboxylic acids is 1. The number of hydrogen-bond donors (Lipinski definition) is 1. The monoisotopic (exact) mass is 371 g/mol. The number of carbonyl (C=O) groups is 1. The number of nitrogens with zero attached hydrogens (tertiary/aromatic N) is 1.